The molecule has 0 aliphatic rings. The van der Waals surface area contributed by atoms with E-state index in [1.807, 2.05) is 20.8 Å². The number of benzene rings is 3. The molecule has 3 aromatic carbocycles. The topological polar surface area (TPSA) is 86.8 Å². The van der Waals surface area contributed by atoms with Gasteiger partial charge in [0.1, 0.15) is 18.4 Å². The summed E-state index contributed by atoms with van der Waals surface area (Å²) in [4.78, 5) is 28.6. The molecular formula is C30H35ClFN3O4S. The molecule has 0 spiro atoms. The molecule has 0 bridgehead atoms. The number of aryl methyl sites for hydroxylation is 1. The van der Waals surface area contributed by atoms with Gasteiger partial charge in [-0.3, -0.25) is 13.9 Å². The molecular weight excluding hydrogens is 553 g/mol. The summed E-state index contributed by atoms with van der Waals surface area (Å²) in [7, 11) is -4.17. The van der Waals surface area contributed by atoms with Crippen LogP contribution in [0, 0.1) is 12.7 Å². The summed E-state index contributed by atoms with van der Waals surface area (Å²) in [5, 5.41) is 3.33. The molecule has 0 aliphatic carbocycles. The van der Waals surface area contributed by atoms with Gasteiger partial charge in [0.25, 0.3) is 10.0 Å². The number of sulfonamides is 1. The number of amides is 2. The first kappa shape index (κ1) is 31.1. The zero-order chi connectivity index (χ0) is 29.4. The number of carbonyl (C=O) groups excluding carboxylic acids is 2. The molecule has 1 N–H and O–H groups in total. The molecule has 2 atom stereocenters. The second-order valence-corrected chi connectivity index (χ2v) is 12.0. The molecule has 2 amide bonds. The van der Waals surface area contributed by atoms with E-state index < -0.39 is 34.3 Å². The molecule has 0 saturated heterocycles. The second kappa shape index (κ2) is 13.8. The zero-order valence-corrected chi connectivity index (χ0v) is 24.7. The summed E-state index contributed by atoms with van der Waals surface area (Å²) in [6.45, 7) is 6.86. The highest BCUT2D eigenvalue weighted by molar-refractivity contribution is 7.92. The van der Waals surface area contributed by atoms with E-state index >= 15 is 0 Å². The van der Waals surface area contributed by atoms with Crippen LogP contribution in [0.2, 0.25) is 5.02 Å². The largest absolute Gasteiger partial charge is 0.352 e. The van der Waals surface area contributed by atoms with Crippen LogP contribution in [0.25, 0.3) is 0 Å². The Bertz CT molecular complexity index is 1400. The molecule has 10 heteroatoms. The Kier molecular flexibility index (Phi) is 10.7. The third-order valence-corrected chi connectivity index (χ3v) is 8.70. The molecule has 0 fully saturated rings. The standard InChI is InChI=1S/C30H35ClFN3O4S/c1-5-22(4)33-30(37)28(6-2)34(19-23-9-13-25(32)14-10-23)29(36)20-35(26-15-11-24(31)12-16-26)40(38,39)27-17-7-21(3)8-18-27/h7-18,22,28H,5-6,19-20H2,1-4H3,(H,33,37)/t22-,28+/m1/s1. The average Bonchev–Trinajstić information content (AvgIpc) is 2.93. The third-order valence-electron chi connectivity index (χ3n) is 6.66. The fourth-order valence-electron chi connectivity index (χ4n) is 4.12. The molecule has 0 radical (unpaired) electrons. The first-order valence-electron chi connectivity index (χ1n) is 13.2. The van der Waals surface area contributed by atoms with Crippen LogP contribution in [0.4, 0.5) is 10.1 Å². The number of rotatable bonds is 12. The van der Waals surface area contributed by atoms with E-state index in [4.69, 9.17) is 11.6 Å². The van der Waals surface area contributed by atoms with E-state index in [1.165, 1.54) is 53.4 Å². The third kappa shape index (κ3) is 7.82. The van der Waals surface area contributed by atoms with Gasteiger partial charge in [0.15, 0.2) is 0 Å². The van der Waals surface area contributed by atoms with Crippen molar-refractivity contribution in [3.8, 4) is 0 Å². The van der Waals surface area contributed by atoms with Gasteiger partial charge in [-0.2, -0.15) is 0 Å². The van der Waals surface area contributed by atoms with Crippen molar-refractivity contribution in [3.05, 3.63) is 94.8 Å². The Labute approximate surface area is 241 Å². The van der Waals surface area contributed by atoms with E-state index in [-0.39, 0.29) is 29.1 Å². The number of halogens is 2. The number of hydrogen-bond donors (Lipinski definition) is 1. The van der Waals surface area contributed by atoms with Crippen LogP contribution < -0.4 is 9.62 Å². The van der Waals surface area contributed by atoms with Gasteiger partial charge >= 0.3 is 0 Å². The number of anilines is 1. The summed E-state index contributed by atoms with van der Waals surface area (Å²) in [5.74, 6) is -1.35. The Hall–Kier alpha value is -3.43. The Morgan fingerprint density at radius 2 is 1.52 bits per heavy atom. The summed E-state index contributed by atoms with van der Waals surface area (Å²) in [6.07, 6.45) is 0.994. The number of nitrogens with one attached hydrogen (secondary N) is 1. The average molecular weight is 588 g/mol. The zero-order valence-electron chi connectivity index (χ0n) is 23.1. The maximum absolute atomic E-state index is 14.0. The predicted octanol–water partition coefficient (Wildman–Crippen LogP) is 5.70. The van der Waals surface area contributed by atoms with Gasteiger partial charge in [0, 0.05) is 17.6 Å². The SMILES string of the molecule is CC[C@@H](C)NC(=O)[C@H](CC)N(Cc1ccc(F)cc1)C(=O)CN(c1ccc(Cl)cc1)S(=O)(=O)c1ccc(C)cc1. The van der Waals surface area contributed by atoms with E-state index in [1.54, 1.807) is 31.2 Å². The monoisotopic (exact) mass is 587 g/mol. The molecule has 0 heterocycles. The van der Waals surface area contributed by atoms with E-state index in [0.717, 1.165) is 9.87 Å². The van der Waals surface area contributed by atoms with Gasteiger partial charge in [-0.05, 0) is 80.8 Å². The van der Waals surface area contributed by atoms with Crippen molar-refractivity contribution in [1.82, 2.24) is 10.2 Å². The lowest BCUT2D eigenvalue weighted by molar-refractivity contribution is -0.140. The highest BCUT2D eigenvalue weighted by Crippen LogP contribution is 2.26. The van der Waals surface area contributed by atoms with Gasteiger partial charge in [-0.25, -0.2) is 12.8 Å². The van der Waals surface area contributed by atoms with Crippen molar-refractivity contribution in [3.63, 3.8) is 0 Å². The van der Waals surface area contributed by atoms with Crippen LogP contribution >= 0.6 is 11.6 Å². The molecule has 7 nitrogen and oxygen atoms in total. The van der Waals surface area contributed by atoms with Gasteiger partial charge in [0.2, 0.25) is 11.8 Å². The van der Waals surface area contributed by atoms with Crippen molar-refractivity contribution >= 4 is 39.1 Å². The minimum absolute atomic E-state index is 0.00934. The molecule has 214 valence electrons. The summed E-state index contributed by atoms with van der Waals surface area (Å²) < 4.78 is 42.3. The summed E-state index contributed by atoms with van der Waals surface area (Å²) in [5.41, 5.74) is 1.73. The molecule has 3 aromatic rings. The first-order valence-corrected chi connectivity index (χ1v) is 15.0. The maximum atomic E-state index is 14.0. The Morgan fingerprint density at radius 3 is 2.08 bits per heavy atom. The highest BCUT2D eigenvalue weighted by atomic mass is 35.5. The van der Waals surface area contributed by atoms with Gasteiger partial charge in [-0.1, -0.05) is 55.3 Å². The van der Waals surface area contributed by atoms with Gasteiger partial charge in [-0.15, -0.1) is 0 Å². The minimum Gasteiger partial charge on any atom is -0.352 e. The molecule has 0 saturated carbocycles. The highest BCUT2D eigenvalue weighted by Gasteiger charge is 2.34. The van der Waals surface area contributed by atoms with Crippen molar-refractivity contribution in [2.45, 2.75) is 64.1 Å². The lowest BCUT2D eigenvalue weighted by Gasteiger charge is -2.33. The number of hydrogen-bond acceptors (Lipinski definition) is 4. The molecule has 40 heavy (non-hydrogen) atoms. The van der Waals surface area contributed by atoms with E-state index in [0.29, 0.717) is 23.4 Å². The van der Waals surface area contributed by atoms with Crippen molar-refractivity contribution in [2.24, 2.45) is 0 Å². The van der Waals surface area contributed by atoms with Gasteiger partial charge < -0.3 is 10.2 Å². The lowest BCUT2D eigenvalue weighted by atomic mass is 10.1. The van der Waals surface area contributed by atoms with Crippen molar-refractivity contribution < 1.29 is 22.4 Å². The van der Waals surface area contributed by atoms with Crippen molar-refractivity contribution in [1.29, 1.82) is 0 Å². The molecule has 3 rings (SSSR count). The Morgan fingerprint density at radius 1 is 0.925 bits per heavy atom. The van der Waals surface area contributed by atoms with Crippen molar-refractivity contribution in [2.75, 3.05) is 10.8 Å². The maximum Gasteiger partial charge on any atom is 0.264 e. The summed E-state index contributed by atoms with van der Waals surface area (Å²) >= 11 is 6.06. The second-order valence-electron chi connectivity index (χ2n) is 9.69. The fourth-order valence-corrected chi connectivity index (χ4v) is 5.66. The van der Waals surface area contributed by atoms with Crippen LogP contribution in [0.1, 0.15) is 44.7 Å². The fraction of sp³-hybridized carbons (Fsp3) is 0.333. The summed E-state index contributed by atoms with van der Waals surface area (Å²) in [6, 6.07) is 17.1. The first-order chi connectivity index (χ1) is 19.0. The molecule has 0 unspecified atom stereocenters. The minimum atomic E-state index is -4.17. The smallest absolute Gasteiger partial charge is 0.264 e. The van der Waals surface area contributed by atoms with Crippen LogP contribution in [-0.4, -0.2) is 43.8 Å². The van der Waals surface area contributed by atoms with Crippen LogP contribution in [0.15, 0.2) is 77.7 Å². The van der Waals surface area contributed by atoms with Crippen LogP contribution in [-0.2, 0) is 26.2 Å². The predicted molar refractivity (Wildman–Crippen MR) is 156 cm³/mol. The van der Waals surface area contributed by atoms with Gasteiger partial charge in [0.05, 0.1) is 10.6 Å². The van der Waals surface area contributed by atoms with E-state index in [9.17, 15) is 22.4 Å². The van der Waals surface area contributed by atoms with E-state index in [2.05, 4.69) is 5.32 Å². The number of carbonyl (C=O) groups is 2. The number of nitrogens with zero attached hydrogens (tertiary/aromatic N) is 2. The van der Waals surface area contributed by atoms with Crippen LogP contribution in [0.3, 0.4) is 0 Å². The quantitative estimate of drug-likeness (QED) is 0.294. The molecule has 0 aliphatic heterocycles. The Balaban J connectivity index is 2.04. The normalized spacial score (nSPS) is 12.8. The molecule has 0 aromatic heterocycles. The van der Waals surface area contributed by atoms with Crippen LogP contribution in [0.5, 0.6) is 0 Å². The lowest BCUT2D eigenvalue weighted by Crippen LogP contribution is -2.53.